The van der Waals surface area contributed by atoms with Crippen LogP contribution in [0.1, 0.15) is 31.7 Å². The van der Waals surface area contributed by atoms with E-state index >= 15 is 0 Å². The molecule has 1 atom stereocenters. The minimum Gasteiger partial charge on any atom is -0.368 e. The predicted molar refractivity (Wildman–Crippen MR) is 70.3 cm³/mol. The van der Waals surface area contributed by atoms with E-state index in [4.69, 9.17) is 17.3 Å². The van der Waals surface area contributed by atoms with Crippen LogP contribution < -0.4 is 10.6 Å². The smallest absolute Gasteiger partial charge is 0.0462 e. The molecule has 1 unspecified atom stereocenters. The van der Waals surface area contributed by atoms with Gasteiger partial charge in [-0.05, 0) is 44.5 Å². The van der Waals surface area contributed by atoms with Gasteiger partial charge in [0.1, 0.15) is 0 Å². The number of anilines is 1. The summed E-state index contributed by atoms with van der Waals surface area (Å²) < 4.78 is 0. The minimum absolute atomic E-state index is 0.496. The van der Waals surface area contributed by atoms with E-state index in [1.165, 1.54) is 11.3 Å². The average Bonchev–Trinajstić information content (AvgIpc) is 2.59. The topological polar surface area (TPSA) is 29.3 Å². The summed E-state index contributed by atoms with van der Waals surface area (Å²) >= 11 is 6.30. The molecule has 3 heteroatoms. The highest BCUT2D eigenvalue weighted by molar-refractivity contribution is 6.32. The Bertz CT molecular complexity index is 376. The zero-order valence-electron chi connectivity index (χ0n) is 9.91. The lowest BCUT2D eigenvalue weighted by molar-refractivity contribution is 0.613. The highest BCUT2D eigenvalue weighted by Gasteiger charge is 2.30. The minimum atomic E-state index is 0.496. The largest absolute Gasteiger partial charge is 0.368 e. The van der Waals surface area contributed by atoms with Crippen molar-refractivity contribution in [2.75, 3.05) is 18.0 Å². The van der Waals surface area contributed by atoms with Crippen molar-refractivity contribution >= 4 is 17.3 Å². The molecule has 16 heavy (non-hydrogen) atoms. The van der Waals surface area contributed by atoms with Crippen molar-refractivity contribution in [1.82, 2.24) is 0 Å². The lowest BCUT2D eigenvalue weighted by Gasteiger charge is -2.24. The number of halogens is 1. The van der Waals surface area contributed by atoms with Crippen LogP contribution >= 0.6 is 11.6 Å². The number of hydrogen-bond acceptors (Lipinski definition) is 2. The van der Waals surface area contributed by atoms with E-state index in [1.54, 1.807) is 0 Å². The molecule has 0 aliphatic carbocycles. The van der Waals surface area contributed by atoms with E-state index < -0.39 is 0 Å². The molecule has 0 saturated heterocycles. The Hall–Kier alpha value is -0.730. The summed E-state index contributed by atoms with van der Waals surface area (Å²) in [6, 6.07) is 6.69. The molecule has 0 radical (unpaired) electrons. The van der Waals surface area contributed by atoms with Gasteiger partial charge < -0.3 is 10.6 Å². The van der Waals surface area contributed by atoms with Crippen LogP contribution in [0.15, 0.2) is 18.2 Å². The van der Waals surface area contributed by atoms with Gasteiger partial charge in [-0.1, -0.05) is 17.7 Å². The number of benzene rings is 1. The first kappa shape index (κ1) is 11.7. The molecule has 88 valence electrons. The summed E-state index contributed by atoms with van der Waals surface area (Å²) in [4.78, 5) is 2.42. The Morgan fingerprint density at radius 1 is 1.50 bits per heavy atom. The number of fused-ring (bicyclic) bond motifs is 1. The first-order valence-corrected chi connectivity index (χ1v) is 6.28. The van der Waals surface area contributed by atoms with Gasteiger partial charge in [-0.25, -0.2) is 0 Å². The maximum atomic E-state index is 6.30. The monoisotopic (exact) mass is 238 g/mol. The Labute approximate surface area is 102 Å². The molecule has 1 aromatic carbocycles. The first-order chi connectivity index (χ1) is 7.65. The zero-order valence-corrected chi connectivity index (χ0v) is 10.7. The van der Waals surface area contributed by atoms with Crippen LogP contribution in [0.4, 0.5) is 5.69 Å². The molecular weight excluding hydrogens is 220 g/mol. The van der Waals surface area contributed by atoms with E-state index in [1.807, 2.05) is 12.1 Å². The fraction of sp³-hybridized carbons (Fsp3) is 0.538. The summed E-state index contributed by atoms with van der Waals surface area (Å²) in [6.07, 6.45) is 1.01. The molecule has 2 N–H and O–H groups in total. The van der Waals surface area contributed by atoms with Crippen LogP contribution in [0, 0.1) is 0 Å². The normalized spacial score (nSPS) is 19.3. The van der Waals surface area contributed by atoms with Gasteiger partial charge >= 0.3 is 0 Å². The molecule has 0 fully saturated rings. The molecule has 2 rings (SSSR count). The summed E-state index contributed by atoms with van der Waals surface area (Å²) in [5.41, 5.74) is 8.26. The highest BCUT2D eigenvalue weighted by atomic mass is 35.5. The second-order valence-electron chi connectivity index (χ2n) is 4.69. The molecule has 0 bridgehead atoms. The van der Waals surface area contributed by atoms with E-state index in [9.17, 15) is 0 Å². The van der Waals surface area contributed by atoms with Gasteiger partial charge in [-0.2, -0.15) is 0 Å². The molecule has 1 heterocycles. The van der Waals surface area contributed by atoms with Crippen molar-refractivity contribution in [2.45, 2.75) is 32.2 Å². The van der Waals surface area contributed by atoms with Gasteiger partial charge in [-0.15, -0.1) is 0 Å². The molecule has 0 amide bonds. The Kier molecular flexibility index (Phi) is 3.41. The number of hydrogen-bond donors (Lipinski definition) is 1. The lowest BCUT2D eigenvalue weighted by atomic mass is 9.98. The van der Waals surface area contributed by atoms with Gasteiger partial charge in [0, 0.05) is 29.2 Å². The standard InChI is InChI=1S/C13H19ClN2/c1-9(2)16-8-10(6-7-15)13-11(14)4-3-5-12(13)16/h3-5,9-10H,6-8,15H2,1-2H3. The third-order valence-corrected chi connectivity index (χ3v) is 3.63. The summed E-state index contributed by atoms with van der Waals surface area (Å²) in [5.74, 6) is 0.496. The molecule has 0 saturated carbocycles. The van der Waals surface area contributed by atoms with Gasteiger partial charge in [0.2, 0.25) is 0 Å². The van der Waals surface area contributed by atoms with Gasteiger partial charge in [0.05, 0.1) is 0 Å². The van der Waals surface area contributed by atoms with Gasteiger partial charge in [0.15, 0.2) is 0 Å². The number of nitrogens with two attached hydrogens (primary N) is 1. The Morgan fingerprint density at radius 2 is 2.25 bits per heavy atom. The molecule has 0 aromatic heterocycles. The SMILES string of the molecule is CC(C)N1CC(CCN)c2c(Cl)cccc21. The maximum absolute atomic E-state index is 6.30. The van der Waals surface area contributed by atoms with Crippen LogP contribution in [0.5, 0.6) is 0 Å². The zero-order chi connectivity index (χ0) is 11.7. The van der Waals surface area contributed by atoms with Crippen molar-refractivity contribution in [3.05, 3.63) is 28.8 Å². The lowest BCUT2D eigenvalue weighted by Crippen LogP contribution is -2.29. The van der Waals surface area contributed by atoms with Crippen molar-refractivity contribution in [3.8, 4) is 0 Å². The van der Waals surface area contributed by atoms with Crippen LogP contribution in [-0.2, 0) is 0 Å². The Balaban J connectivity index is 2.40. The number of rotatable bonds is 3. The van der Waals surface area contributed by atoms with E-state index in [0.717, 1.165) is 24.5 Å². The first-order valence-electron chi connectivity index (χ1n) is 5.90. The van der Waals surface area contributed by atoms with Crippen LogP contribution in [0.3, 0.4) is 0 Å². The number of nitrogens with zero attached hydrogens (tertiary/aromatic N) is 1. The second-order valence-corrected chi connectivity index (χ2v) is 5.10. The second kappa shape index (κ2) is 4.64. The molecular formula is C13H19ClN2. The maximum Gasteiger partial charge on any atom is 0.0462 e. The fourth-order valence-electron chi connectivity index (χ4n) is 2.53. The van der Waals surface area contributed by atoms with Crippen molar-refractivity contribution in [2.24, 2.45) is 5.73 Å². The molecule has 2 nitrogen and oxygen atoms in total. The van der Waals surface area contributed by atoms with Crippen molar-refractivity contribution in [3.63, 3.8) is 0 Å². The predicted octanol–water partition coefficient (Wildman–Crippen LogP) is 3.00. The quantitative estimate of drug-likeness (QED) is 0.877. The molecule has 1 aliphatic rings. The highest BCUT2D eigenvalue weighted by Crippen LogP contribution is 2.42. The van der Waals surface area contributed by atoms with E-state index in [2.05, 4.69) is 24.8 Å². The summed E-state index contributed by atoms with van der Waals surface area (Å²) in [6.45, 7) is 6.21. The van der Waals surface area contributed by atoms with Crippen LogP contribution in [0.2, 0.25) is 5.02 Å². The fourth-order valence-corrected chi connectivity index (χ4v) is 2.86. The summed E-state index contributed by atoms with van der Waals surface area (Å²) in [7, 11) is 0. The molecule has 0 spiro atoms. The third kappa shape index (κ3) is 1.92. The van der Waals surface area contributed by atoms with Crippen molar-refractivity contribution < 1.29 is 0 Å². The van der Waals surface area contributed by atoms with E-state index in [0.29, 0.717) is 12.0 Å². The Morgan fingerprint density at radius 3 is 2.88 bits per heavy atom. The van der Waals surface area contributed by atoms with Crippen molar-refractivity contribution in [1.29, 1.82) is 0 Å². The van der Waals surface area contributed by atoms with Crippen LogP contribution in [0.25, 0.3) is 0 Å². The average molecular weight is 239 g/mol. The van der Waals surface area contributed by atoms with E-state index in [-0.39, 0.29) is 0 Å². The summed E-state index contributed by atoms with van der Waals surface area (Å²) in [5, 5.41) is 0.888. The molecule has 1 aromatic rings. The molecule has 1 aliphatic heterocycles. The van der Waals surface area contributed by atoms with Crippen LogP contribution in [-0.4, -0.2) is 19.1 Å². The van der Waals surface area contributed by atoms with Gasteiger partial charge in [-0.3, -0.25) is 0 Å². The third-order valence-electron chi connectivity index (χ3n) is 3.30. The van der Waals surface area contributed by atoms with Gasteiger partial charge in [0.25, 0.3) is 0 Å².